The Morgan fingerprint density at radius 1 is 0.711 bits per heavy atom. The van der Waals surface area contributed by atoms with Gasteiger partial charge in [-0.2, -0.15) is 0 Å². The molecule has 3 N–H and O–H groups in total. The van der Waals surface area contributed by atoms with Crippen LogP contribution >= 0.6 is 0 Å². The Balaban J connectivity index is 2.98. The van der Waals surface area contributed by atoms with E-state index in [1.54, 1.807) is 26.0 Å². The number of Topliss-reactive ketones (excluding diaryl/α,β-unsaturated/α-hetero) is 2. The van der Waals surface area contributed by atoms with E-state index < -0.39 is 54.3 Å². The number of amides is 3. The molecule has 0 fully saturated rings. The molecule has 0 saturated carbocycles. The van der Waals surface area contributed by atoms with E-state index in [4.69, 9.17) is 4.74 Å². The first-order valence-corrected chi connectivity index (χ1v) is 13.0. The van der Waals surface area contributed by atoms with Gasteiger partial charge in [-0.05, 0) is 42.6 Å². The molecule has 9 nitrogen and oxygen atoms in total. The average molecular weight is 536 g/mol. The van der Waals surface area contributed by atoms with Gasteiger partial charge in [-0.15, -0.1) is 0 Å². The monoisotopic (exact) mass is 535 g/mol. The summed E-state index contributed by atoms with van der Waals surface area (Å²) < 4.78 is 18.1. The Hall–Kier alpha value is -3.30. The molecular formula is C28H42FN3O6. The normalized spacial score (nSPS) is 13.5. The molecule has 1 aromatic carbocycles. The van der Waals surface area contributed by atoms with Crippen LogP contribution in [-0.4, -0.2) is 54.3 Å². The Morgan fingerprint density at radius 3 is 1.63 bits per heavy atom. The molecule has 0 saturated heterocycles. The quantitative estimate of drug-likeness (QED) is 0.278. The summed E-state index contributed by atoms with van der Waals surface area (Å²) in [5.41, 5.74) is 0.790. The van der Waals surface area contributed by atoms with Crippen LogP contribution in [0.25, 0.3) is 0 Å². The van der Waals surface area contributed by atoms with Gasteiger partial charge in [0.1, 0.15) is 18.7 Å². The first kappa shape index (κ1) is 32.7. The van der Waals surface area contributed by atoms with Crippen molar-refractivity contribution in [1.29, 1.82) is 0 Å². The highest BCUT2D eigenvalue weighted by Gasteiger charge is 2.32. The van der Waals surface area contributed by atoms with Crippen LogP contribution in [-0.2, 0) is 30.5 Å². The lowest BCUT2D eigenvalue weighted by Crippen LogP contribution is -2.57. The summed E-state index contributed by atoms with van der Waals surface area (Å²) in [4.78, 5) is 62.8. The number of carbonyl (C=O) groups excluding carboxylic acids is 5. The zero-order chi connectivity index (χ0) is 28.8. The van der Waals surface area contributed by atoms with Crippen molar-refractivity contribution in [2.45, 2.75) is 85.5 Å². The number of halogens is 1. The van der Waals surface area contributed by atoms with Crippen LogP contribution in [0.1, 0.15) is 66.4 Å². The number of alkyl halides is 1. The second-order valence-corrected chi connectivity index (χ2v) is 10.7. The first-order valence-electron chi connectivity index (χ1n) is 13.0. The number of hydrogen-bond donors (Lipinski definition) is 3. The Labute approximate surface area is 224 Å². The van der Waals surface area contributed by atoms with Crippen molar-refractivity contribution in [3.8, 4) is 0 Å². The number of ketones is 2. The van der Waals surface area contributed by atoms with Gasteiger partial charge in [0.05, 0.1) is 6.04 Å². The number of benzene rings is 1. The van der Waals surface area contributed by atoms with Crippen molar-refractivity contribution in [3.63, 3.8) is 0 Å². The molecule has 38 heavy (non-hydrogen) atoms. The van der Waals surface area contributed by atoms with Crippen LogP contribution in [0.2, 0.25) is 0 Å². The van der Waals surface area contributed by atoms with E-state index >= 15 is 0 Å². The van der Waals surface area contributed by atoms with Gasteiger partial charge in [0.25, 0.3) is 0 Å². The Bertz CT molecular complexity index is 936. The molecule has 0 heterocycles. The van der Waals surface area contributed by atoms with Crippen molar-refractivity contribution in [3.05, 3.63) is 35.9 Å². The van der Waals surface area contributed by atoms with Crippen LogP contribution in [0.15, 0.2) is 30.3 Å². The van der Waals surface area contributed by atoms with Gasteiger partial charge < -0.3 is 20.7 Å². The number of nitrogens with one attached hydrogen (secondary N) is 3. The van der Waals surface area contributed by atoms with Crippen molar-refractivity contribution < 1.29 is 33.1 Å². The highest BCUT2D eigenvalue weighted by Crippen LogP contribution is 2.12. The van der Waals surface area contributed by atoms with Crippen LogP contribution < -0.4 is 16.0 Å². The lowest BCUT2D eigenvalue weighted by Gasteiger charge is -2.27. The van der Waals surface area contributed by atoms with Crippen molar-refractivity contribution >= 4 is 29.5 Å². The third-order valence-corrected chi connectivity index (χ3v) is 5.60. The van der Waals surface area contributed by atoms with Gasteiger partial charge in [-0.25, -0.2) is 9.18 Å². The fraction of sp³-hybridized carbons (Fsp3) is 0.607. The van der Waals surface area contributed by atoms with Crippen LogP contribution in [0, 0.1) is 17.8 Å². The molecule has 0 unspecified atom stereocenters. The van der Waals surface area contributed by atoms with E-state index in [2.05, 4.69) is 16.0 Å². The maximum absolute atomic E-state index is 13.2. The topological polar surface area (TPSA) is 131 Å². The van der Waals surface area contributed by atoms with Gasteiger partial charge in [0.2, 0.25) is 23.4 Å². The number of hydrogen-bond acceptors (Lipinski definition) is 6. The van der Waals surface area contributed by atoms with Crippen LogP contribution in [0.5, 0.6) is 0 Å². The fourth-order valence-corrected chi connectivity index (χ4v) is 3.82. The molecule has 0 aromatic heterocycles. The van der Waals surface area contributed by atoms with Gasteiger partial charge in [0, 0.05) is 0 Å². The van der Waals surface area contributed by atoms with Gasteiger partial charge in [-0.3, -0.25) is 19.2 Å². The van der Waals surface area contributed by atoms with E-state index in [1.165, 1.54) is 0 Å². The molecule has 212 valence electrons. The van der Waals surface area contributed by atoms with E-state index in [1.807, 2.05) is 45.9 Å². The maximum atomic E-state index is 13.2. The van der Waals surface area contributed by atoms with Gasteiger partial charge in [0.15, 0.2) is 6.67 Å². The molecule has 0 spiro atoms. The minimum absolute atomic E-state index is 0.00915. The predicted octanol–water partition coefficient (Wildman–Crippen LogP) is 3.50. The van der Waals surface area contributed by atoms with Gasteiger partial charge in [-0.1, -0.05) is 71.9 Å². The molecule has 0 radical (unpaired) electrons. The fourth-order valence-electron chi connectivity index (χ4n) is 3.82. The molecule has 3 atom stereocenters. The third-order valence-electron chi connectivity index (χ3n) is 5.60. The standard InChI is InChI=1S/C28H42FN3O6/c1-17(2)12-21(25(34)24(33)15-29)30-26(35)22(13-18(3)4)31-27(36)23(14-19(5)6)32-28(37)38-16-20-10-8-7-9-11-20/h7-11,17-19,21-23H,12-16H2,1-6H3,(H,30,35)(H,31,36)(H,32,37)/t21-,22-,23-/m0/s1. The number of rotatable bonds is 16. The number of carbonyl (C=O) groups is 5. The molecule has 10 heteroatoms. The lowest BCUT2D eigenvalue weighted by molar-refractivity contribution is -0.140. The summed E-state index contributed by atoms with van der Waals surface area (Å²) in [7, 11) is 0. The van der Waals surface area contributed by atoms with Crippen LogP contribution in [0.3, 0.4) is 0 Å². The van der Waals surface area contributed by atoms with Crippen molar-refractivity contribution in [2.24, 2.45) is 17.8 Å². The van der Waals surface area contributed by atoms with Crippen LogP contribution in [0.4, 0.5) is 9.18 Å². The average Bonchev–Trinajstić information content (AvgIpc) is 2.85. The molecule has 1 aromatic rings. The Morgan fingerprint density at radius 2 is 1.16 bits per heavy atom. The largest absolute Gasteiger partial charge is 0.445 e. The lowest BCUT2D eigenvalue weighted by atomic mass is 9.96. The zero-order valence-corrected chi connectivity index (χ0v) is 23.2. The van der Waals surface area contributed by atoms with E-state index in [9.17, 15) is 28.4 Å². The molecule has 0 bridgehead atoms. The summed E-state index contributed by atoms with van der Waals surface area (Å²) in [6.07, 6.45) is -0.0956. The minimum atomic E-state index is -1.45. The molecule has 0 aliphatic rings. The SMILES string of the molecule is CC(C)C[C@H](NC(=O)OCc1ccccc1)C(=O)N[C@@H](CC(C)C)C(=O)N[C@@H](CC(C)C)C(=O)C(=O)CF. The summed E-state index contributed by atoms with van der Waals surface area (Å²) >= 11 is 0. The number of alkyl carbamates (subject to hydrolysis) is 1. The highest BCUT2D eigenvalue weighted by molar-refractivity contribution is 6.40. The number of ether oxygens (including phenoxy) is 1. The molecule has 0 aliphatic carbocycles. The first-order chi connectivity index (χ1) is 17.8. The minimum Gasteiger partial charge on any atom is -0.445 e. The Kier molecular flexibility index (Phi) is 14.2. The van der Waals surface area contributed by atoms with Crippen molar-refractivity contribution in [2.75, 3.05) is 6.67 Å². The summed E-state index contributed by atoms with van der Waals surface area (Å²) in [6, 6.07) is 5.88. The highest BCUT2D eigenvalue weighted by atomic mass is 19.1. The molecule has 1 rings (SSSR count). The molecule has 3 amide bonds. The van der Waals surface area contributed by atoms with E-state index in [0.29, 0.717) is 6.42 Å². The second kappa shape index (κ2) is 16.5. The summed E-state index contributed by atoms with van der Waals surface area (Å²) in [5, 5.41) is 7.79. The summed E-state index contributed by atoms with van der Waals surface area (Å²) in [5.74, 6) is -3.49. The smallest absolute Gasteiger partial charge is 0.408 e. The third kappa shape index (κ3) is 12.3. The van der Waals surface area contributed by atoms with Crippen molar-refractivity contribution in [1.82, 2.24) is 16.0 Å². The predicted molar refractivity (Wildman–Crippen MR) is 142 cm³/mol. The zero-order valence-electron chi connectivity index (χ0n) is 23.2. The summed E-state index contributed by atoms with van der Waals surface area (Å²) in [6.45, 7) is 9.69. The molecular weight excluding hydrogens is 493 g/mol. The van der Waals surface area contributed by atoms with Gasteiger partial charge >= 0.3 is 6.09 Å². The van der Waals surface area contributed by atoms with E-state index in [-0.39, 0.29) is 37.2 Å². The maximum Gasteiger partial charge on any atom is 0.408 e. The van der Waals surface area contributed by atoms with E-state index in [0.717, 1.165) is 5.56 Å². The molecule has 0 aliphatic heterocycles. The second-order valence-electron chi connectivity index (χ2n) is 10.7.